The number of ether oxygens (including phenoxy) is 1. The molecule has 2 aromatic rings. The van der Waals surface area contributed by atoms with Crippen molar-refractivity contribution in [3.63, 3.8) is 0 Å². The van der Waals surface area contributed by atoms with E-state index >= 15 is 0 Å². The van der Waals surface area contributed by atoms with E-state index in [-0.39, 0.29) is 22.9 Å². The summed E-state index contributed by atoms with van der Waals surface area (Å²) in [4.78, 5) is 26.2. The van der Waals surface area contributed by atoms with Crippen LogP contribution < -0.4 is 15.4 Å². The Morgan fingerprint density at radius 1 is 1.19 bits per heavy atom. The van der Waals surface area contributed by atoms with Gasteiger partial charge >= 0.3 is 0 Å². The topological polar surface area (TPSA) is 91.2 Å². The van der Waals surface area contributed by atoms with Gasteiger partial charge in [-0.05, 0) is 47.6 Å². The molecule has 2 N–H and O–H groups in total. The van der Waals surface area contributed by atoms with Gasteiger partial charge in [0.2, 0.25) is 5.91 Å². The number of hydrogen-bond donors (Lipinski definition) is 2. The molecule has 0 bridgehead atoms. The molecule has 1 heterocycles. The van der Waals surface area contributed by atoms with Crippen LogP contribution in [0.25, 0.3) is 0 Å². The Bertz CT molecular complexity index is 1290. The van der Waals surface area contributed by atoms with E-state index in [0.29, 0.717) is 34.8 Å². The molecule has 7 heteroatoms. The van der Waals surface area contributed by atoms with Crippen molar-refractivity contribution in [1.82, 2.24) is 5.32 Å². The van der Waals surface area contributed by atoms with Gasteiger partial charge in [0.25, 0.3) is 0 Å². The molecule has 36 heavy (non-hydrogen) atoms. The highest BCUT2D eigenvalue weighted by Crippen LogP contribution is 2.48. The molecule has 0 fully saturated rings. The van der Waals surface area contributed by atoms with Crippen LogP contribution in [-0.2, 0) is 16.0 Å². The number of allylic oxidation sites excluding steroid dienone is 3. The fourth-order valence-corrected chi connectivity index (χ4v) is 5.76. The Hall–Kier alpha value is -3.50. The predicted octanol–water partition coefficient (Wildman–Crippen LogP) is 5.69. The fourth-order valence-electron chi connectivity index (χ4n) is 4.89. The Labute approximate surface area is 216 Å². The summed E-state index contributed by atoms with van der Waals surface area (Å²) in [6.07, 6.45) is 1.94. The number of Topliss-reactive ketones (excluding diaryl/α,β-unsaturated/α-hetero) is 1. The molecule has 2 aliphatic rings. The lowest BCUT2D eigenvalue weighted by Gasteiger charge is -2.39. The lowest BCUT2D eigenvalue weighted by molar-refractivity contribution is -0.118. The zero-order chi connectivity index (χ0) is 25.9. The second-order valence-electron chi connectivity index (χ2n) is 9.87. The standard InChI is InChI=1S/C29H31N3O3S/c1-5-18-8-6-7-9-22(18)31-25(34)17-36-28-21(16-30)26(19-10-12-20(35-4)13-11-19)27-23(32-28)14-29(2,3)15-24(27)33/h6-13,26,32H,5,14-15,17H2,1-4H3,(H,31,34). The monoisotopic (exact) mass is 501 g/mol. The number of carbonyl (C=O) groups is 2. The molecular formula is C29H31N3O3S. The summed E-state index contributed by atoms with van der Waals surface area (Å²) >= 11 is 1.30. The van der Waals surface area contributed by atoms with E-state index in [1.165, 1.54) is 11.8 Å². The van der Waals surface area contributed by atoms with Crippen LogP contribution in [-0.4, -0.2) is 24.6 Å². The van der Waals surface area contributed by atoms with Gasteiger partial charge in [0.1, 0.15) is 5.75 Å². The minimum atomic E-state index is -0.480. The van der Waals surface area contributed by atoms with Crippen molar-refractivity contribution >= 4 is 29.1 Å². The Morgan fingerprint density at radius 2 is 1.92 bits per heavy atom. The molecular weight excluding hydrogens is 470 g/mol. The number of anilines is 1. The first kappa shape index (κ1) is 25.6. The summed E-state index contributed by atoms with van der Waals surface area (Å²) in [5.41, 5.74) is 4.50. The van der Waals surface area contributed by atoms with Gasteiger partial charge in [0, 0.05) is 23.4 Å². The van der Waals surface area contributed by atoms with E-state index in [0.717, 1.165) is 28.9 Å². The van der Waals surface area contributed by atoms with Gasteiger partial charge in [-0.1, -0.05) is 62.9 Å². The van der Waals surface area contributed by atoms with Crippen molar-refractivity contribution in [1.29, 1.82) is 5.26 Å². The van der Waals surface area contributed by atoms with Gasteiger partial charge in [0.15, 0.2) is 5.78 Å². The second kappa shape index (κ2) is 10.6. The van der Waals surface area contributed by atoms with Crippen molar-refractivity contribution < 1.29 is 14.3 Å². The third-order valence-corrected chi connectivity index (χ3v) is 7.61. The lowest BCUT2D eigenvalue weighted by Crippen LogP contribution is -2.37. The van der Waals surface area contributed by atoms with Crippen LogP contribution in [0.1, 0.15) is 50.7 Å². The second-order valence-corrected chi connectivity index (χ2v) is 10.9. The molecule has 1 aliphatic heterocycles. The highest BCUT2D eigenvalue weighted by molar-refractivity contribution is 8.03. The number of nitrogens with zero attached hydrogens (tertiary/aromatic N) is 1. The van der Waals surface area contributed by atoms with Crippen molar-refractivity contribution in [3.05, 3.63) is 81.5 Å². The van der Waals surface area contributed by atoms with Crippen LogP contribution in [0.2, 0.25) is 0 Å². The molecule has 1 amide bonds. The van der Waals surface area contributed by atoms with Crippen molar-refractivity contribution in [2.45, 2.75) is 46.0 Å². The highest BCUT2D eigenvalue weighted by atomic mass is 32.2. The summed E-state index contributed by atoms with van der Waals surface area (Å²) < 4.78 is 5.30. The molecule has 2 aromatic carbocycles. The zero-order valence-electron chi connectivity index (χ0n) is 21.1. The number of nitriles is 1. The number of thioether (sulfide) groups is 1. The number of ketones is 1. The van der Waals surface area contributed by atoms with E-state index in [4.69, 9.17) is 4.74 Å². The number of amides is 1. The molecule has 1 aliphatic carbocycles. The van der Waals surface area contributed by atoms with Gasteiger partial charge in [-0.3, -0.25) is 9.59 Å². The maximum atomic E-state index is 13.3. The normalized spacial score (nSPS) is 18.8. The van der Waals surface area contributed by atoms with Crippen LogP contribution >= 0.6 is 11.8 Å². The Balaban J connectivity index is 1.65. The van der Waals surface area contributed by atoms with Crippen molar-refractivity contribution in [2.75, 3.05) is 18.2 Å². The molecule has 0 saturated heterocycles. The van der Waals surface area contributed by atoms with Crippen LogP contribution in [0.3, 0.4) is 0 Å². The van der Waals surface area contributed by atoms with Crippen molar-refractivity contribution in [3.8, 4) is 11.8 Å². The minimum Gasteiger partial charge on any atom is -0.497 e. The molecule has 4 rings (SSSR count). The number of rotatable bonds is 7. The smallest absolute Gasteiger partial charge is 0.234 e. The number of para-hydroxylation sites is 1. The summed E-state index contributed by atoms with van der Waals surface area (Å²) in [5.74, 6) is 0.278. The molecule has 6 nitrogen and oxygen atoms in total. The number of benzene rings is 2. The molecule has 1 unspecified atom stereocenters. The van der Waals surface area contributed by atoms with Crippen LogP contribution in [0, 0.1) is 16.7 Å². The van der Waals surface area contributed by atoms with Gasteiger partial charge in [-0.2, -0.15) is 5.26 Å². The quantitative estimate of drug-likeness (QED) is 0.506. The first-order valence-corrected chi connectivity index (χ1v) is 13.1. The van der Waals surface area contributed by atoms with Crippen LogP contribution in [0.5, 0.6) is 5.75 Å². The molecule has 0 spiro atoms. The summed E-state index contributed by atoms with van der Waals surface area (Å²) in [5, 5.41) is 17.2. The number of aryl methyl sites for hydroxylation is 1. The Kier molecular flexibility index (Phi) is 7.56. The maximum Gasteiger partial charge on any atom is 0.234 e. The zero-order valence-corrected chi connectivity index (χ0v) is 21.9. The number of methoxy groups -OCH3 is 1. The van der Waals surface area contributed by atoms with Gasteiger partial charge in [0.05, 0.1) is 35.5 Å². The first-order valence-electron chi connectivity index (χ1n) is 12.1. The van der Waals surface area contributed by atoms with Crippen molar-refractivity contribution in [2.24, 2.45) is 5.41 Å². The summed E-state index contributed by atoms with van der Waals surface area (Å²) in [6, 6.07) is 17.6. The summed E-state index contributed by atoms with van der Waals surface area (Å²) in [6.45, 7) is 6.20. The number of dihydropyridines is 1. The largest absolute Gasteiger partial charge is 0.497 e. The molecule has 0 aromatic heterocycles. The molecule has 1 atom stereocenters. The molecule has 0 saturated carbocycles. The SMILES string of the molecule is CCc1ccccc1NC(=O)CSC1=C(C#N)C(c2ccc(OC)cc2)C2=C(CC(C)(C)CC2=O)N1. The van der Waals surface area contributed by atoms with E-state index in [1.54, 1.807) is 7.11 Å². The van der Waals surface area contributed by atoms with Crippen LogP contribution in [0.4, 0.5) is 5.69 Å². The number of carbonyl (C=O) groups excluding carboxylic acids is 2. The molecule has 186 valence electrons. The lowest BCUT2D eigenvalue weighted by atomic mass is 9.69. The van der Waals surface area contributed by atoms with E-state index < -0.39 is 5.92 Å². The third-order valence-electron chi connectivity index (χ3n) is 6.60. The van der Waals surface area contributed by atoms with E-state index in [9.17, 15) is 14.9 Å². The van der Waals surface area contributed by atoms with E-state index in [2.05, 4.69) is 30.6 Å². The first-order chi connectivity index (χ1) is 17.3. The maximum absolute atomic E-state index is 13.3. The van der Waals surface area contributed by atoms with Gasteiger partial charge < -0.3 is 15.4 Å². The summed E-state index contributed by atoms with van der Waals surface area (Å²) in [7, 11) is 1.60. The van der Waals surface area contributed by atoms with E-state index in [1.807, 2.05) is 55.5 Å². The predicted molar refractivity (Wildman–Crippen MR) is 143 cm³/mol. The van der Waals surface area contributed by atoms with Gasteiger partial charge in [-0.25, -0.2) is 0 Å². The molecule has 0 radical (unpaired) electrons. The average molecular weight is 502 g/mol. The fraction of sp³-hybridized carbons (Fsp3) is 0.345. The number of hydrogen-bond acceptors (Lipinski definition) is 6. The third kappa shape index (κ3) is 5.34. The van der Waals surface area contributed by atoms with Crippen LogP contribution in [0.15, 0.2) is 70.4 Å². The number of nitrogens with one attached hydrogen (secondary N) is 2. The van der Waals surface area contributed by atoms with Gasteiger partial charge in [-0.15, -0.1) is 0 Å². The minimum absolute atomic E-state index is 0.0558. The highest BCUT2D eigenvalue weighted by Gasteiger charge is 2.42. The average Bonchev–Trinajstić information content (AvgIpc) is 2.86. The Morgan fingerprint density at radius 3 is 2.58 bits per heavy atom.